The molecule has 0 radical (unpaired) electrons. The first-order valence-corrected chi connectivity index (χ1v) is 7.74. The third-order valence-electron chi connectivity index (χ3n) is 2.59. The fraction of sp³-hybridized carbons (Fsp3) is 0.143. The second-order valence-electron chi connectivity index (χ2n) is 4.33. The monoisotopic (exact) mass is 314 g/mol. The molecule has 0 spiro atoms. The third kappa shape index (κ3) is 3.95. The van der Waals surface area contributed by atoms with Crippen molar-refractivity contribution < 1.29 is 17.0 Å². The van der Waals surface area contributed by atoms with Crippen LogP contribution in [0.25, 0.3) is 0 Å². The topological polar surface area (TPSA) is 43.4 Å². The van der Waals surface area contributed by atoms with Gasteiger partial charge in [-0.3, -0.25) is 0 Å². The second kappa shape index (κ2) is 5.81. The van der Waals surface area contributed by atoms with Crippen LogP contribution in [0, 0.1) is 12.7 Å². The Morgan fingerprint density at radius 2 is 1.95 bits per heavy atom. The van der Waals surface area contributed by atoms with Gasteiger partial charge in [-0.2, -0.15) is 8.42 Å². The van der Waals surface area contributed by atoms with Crippen LogP contribution in [0.2, 0.25) is 5.02 Å². The Morgan fingerprint density at radius 3 is 2.60 bits per heavy atom. The van der Waals surface area contributed by atoms with E-state index in [1.165, 1.54) is 30.3 Å². The van der Waals surface area contributed by atoms with Gasteiger partial charge in [0.15, 0.2) is 0 Å². The van der Waals surface area contributed by atoms with Gasteiger partial charge in [-0.15, -0.1) is 0 Å². The molecule has 0 heterocycles. The Kier molecular flexibility index (Phi) is 4.30. The molecule has 0 atom stereocenters. The van der Waals surface area contributed by atoms with Crippen LogP contribution >= 0.6 is 11.6 Å². The highest BCUT2D eigenvalue weighted by Crippen LogP contribution is 2.23. The molecule has 0 saturated carbocycles. The van der Waals surface area contributed by atoms with Crippen LogP contribution in [0.3, 0.4) is 0 Å². The molecule has 0 fully saturated rings. The number of hydrogen-bond donors (Lipinski definition) is 0. The lowest BCUT2D eigenvalue weighted by atomic mass is 10.2. The molecule has 0 bridgehead atoms. The fourth-order valence-electron chi connectivity index (χ4n) is 1.68. The van der Waals surface area contributed by atoms with Crippen molar-refractivity contribution in [3.05, 3.63) is 64.4 Å². The van der Waals surface area contributed by atoms with Crippen molar-refractivity contribution in [2.45, 2.75) is 12.7 Å². The Balaban J connectivity index is 2.17. The number of halogens is 2. The van der Waals surface area contributed by atoms with E-state index in [1.807, 2.05) is 0 Å². The smallest absolute Gasteiger partial charge is 0.313 e. The average Bonchev–Trinajstić information content (AvgIpc) is 2.33. The largest absolute Gasteiger partial charge is 0.382 e. The van der Waals surface area contributed by atoms with Crippen LogP contribution in [0.1, 0.15) is 11.1 Å². The van der Waals surface area contributed by atoms with E-state index >= 15 is 0 Å². The molecular formula is C14H12ClFO3S. The van der Waals surface area contributed by atoms with Gasteiger partial charge in [-0.1, -0.05) is 23.7 Å². The molecule has 0 aliphatic carbocycles. The van der Waals surface area contributed by atoms with Crippen molar-refractivity contribution in [1.82, 2.24) is 0 Å². The van der Waals surface area contributed by atoms with E-state index in [0.717, 1.165) is 6.07 Å². The summed E-state index contributed by atoms with van der Waals surface area (Å²) in [5.41, 5.74) is 1.04. The molecule has 2 aromatic rings. The summed E-state index contributed by atoms with van der Waals surface area (Å²) in [5.74, 6) is -0.699. The van der Waals surface area contributed by atoms with Gasteiger partial charge in [0.25, 0.3) is 0 Å². The van der Waals surface area contributed by atoms with Crippen LogP contribution in [0.15, 0.2) is 42.5 Å². The first-order valence-electron chi connectivity index (χ1n) is 5.78. The number of rotatable bonds is 4. The zero-order valence-electron chi connectivity index (χ0n) is 10.6. The highest BCUT2D eigenvalue weighted by atomic mass is 35.5. The van der Waals surface area contributed by atoms with Crippen molar-refractivity contribution in [2.24, 2.45) is 0 Å². The summed E-state index contributed by atoms with van der Waals surface area (Å²) in [5, 5.41) is 0.528. The first-order chi connectivity index (χ1) is 9.35. The SMILES string of the molecule is Cc1cc(OS(=O)(=O)Cc2cccc(F)c2)ccc1Cl. The Hall–Kier alpha value is -1.59. The van der Waals surface area contributed by atoms with Crippen molar-refractivity contribution in [2.75, 3.05) is 0 Å². The molecule has 0 N–H and O–H groups in total. The molecule has 2 aromatic carbocycles. The molecular weight excluding hydrogens is 303 g/mol. The van der Waals surface area contributed by atoms with Gasteiger partial charge < -0.3 is 4.18 Å². The van der Waals surface area contributed by atoms with Crippen LogP contribution < -0.4 is 4.18 Å². The lowest BCUT2D eigenvalue weighted by molar-refractivity contribution is 0.485. The molecule has 3 nitrogen and oxygen atoms in total. The zero-order chi connectivity index (χ0) is 14.8. The van der Waals surface area contributed by atoms with Crippen LogP contribution in [-0.2, 0) is 15.9 Å². The summed E-state index contributed by atoms with van der Waals surface area (Å²) in [6, 6.07) is 9.95. The maximum Gasteiger partial charge on any atom is 0.313 e. The molecule has 0 aliphatic rings. The summed E-state index contributed by atoms with van der Waals surface area (Å²) < 4.78 is 41.8. The molecule has 106 valence electrons. The van der Waals surface area contributed by atoms with Crippen molar-refractivity contribution in [3.8, 4) is 5.75 Å². The second-order valence-corrected chi connectivity index (χ2v) is 6.30. The van der Waals surface area contributed by atoms with Gasteiger partial charge in [0.1, 0.15) is 17.3 Å². The maximum absolute atomic E-state index is 13.0. The van der Waals surface area contributed by atoms with E-state index in [1.54, 1.807) is 13.0 Å². The van der Waals surface area contributed by atoms with Crippen molar-refractivity contribution >= 4 is 21.7 Å². The summed E-state index contributed by atoms with van der Waals surface area (Å²) in [6.45, 7) is 1.74. The molecule has 0 unspecified atom stereocenters. The predicted molar refractivity (Wildman–Crippen MR) is 75.8 cm³/mol. The quantitative estimate of drug-likeness (QED) is 0.808. The summed E-state index contributed by atoms with van der Waals surface area (Å²) in [4.78, 5) is 0. The molecule has 0 aromatic heterocycles. The van der Waals surface area contributed by atoms with Gasteiger partial charge >= 0.3 is 10.1 Å². The highest BCUT2D eigenvalue weighted by Gasteiger charge is 2.15. The Labute approximate surface area is 122 Å². The van der Waals surface area contributed by atoms with E-state index in [2.05, 4.69) is 0 Å². The fourth-order valence-corrected chi connectivity index (χ4v) is 2.84. The van der Waals surface area contributed by atoms with Gasteiger partial charge in [-0.05, 0) is 48.4 Å². The lowest BCUT2D eigenvalue weighted by Crippen LogP contribution is -2.12. The average molecular weight is 315 g/mol. The number of hydrogen-bond acceptors (Lipinski definition) is 3. The van der Waals surface area contributed by atoms with E-state index < -0.39 is 21.7 Å². The Bertz CT molecular complexity index is 729. The normalized spacial score (nSPS) is 11.3. The summed E-state index contributed by atoms with van der Waals surface area (Å²) >= 11 is 5.85. The van der Waals surface area contributed by atoms with E-state index in [0.29, 0.717) is 16.1 Å². The van der Waals surface area contributed by atoms with Gasteiger partial charge in [0, 0.05) is 5.02 Å². The highest BCUT2D eigenvalue weighted by molar-refractivity contribution is 7.86. The minimum absolute atomic E-state index is 0.184. The first kappa shape index (κ1) is 14.8. The molecule has 20 heavy (non-hydrogen) atoms. The maximum atomic E-state index is 13.0. The van der Waals surface area contributed by atoms with Crippen LogP contribution in [0.4, 0.5) is 4.39 Å². The van der Waals surface area contributed by atoms with Crippen molar-refractivity contribution in [3.63, 3.8) is 0 Å². The predicted octanol–water partition coefficient (Wildman–Crippen LogP) is 3.70. The standard InChI is InChI=1S/C14H12ClFO3S/c1-10-7-13(5-6-14(10)15)19-20(17,18)9-11-3-2-4-12(16)8-11/h2-8H,9H2,1H3. The number of aryl methyl sites for hydroxylation is 1. The minimum atomic E-state index is -3.84. The van der Waals surface area contributed by atoms with Gasteiger partial charge in [-0.25, -0.2) is 4.39 Å². The molecule has 0 amide bonds. The summed E-state index contributed by atoms with van der Waals surface area (Å²) in [6.07, 6.45) is 0. The van der Waals surface area contributed by atoms with E-state index in [9.17, 15) is 12.8 Å². The molecule has 2 rings (SSSR count). The third-order valence-corrected chi connectivity index (χ3v) is 4.14. The van der Waals surface area contributed by atoms with E-state index in [-0.39, 0.29) is 5.75 Å². The van der Waals surface area contributed by atoms with Crippen LogP contribution in [0.5, 0.6) is 5.75 Å². The molecule has 6 heteroatoms. The van der Waals surface area contributed by atoms with Gasteiger partial charge in [0.05, 0.1) is 0 Å². The number of benzene rings is 2. The lowest BCUT2D eigenvalue weighted by Gasteiger charge is -2.08. The minimum Gasteiger partial charge on any atom is -0.382 e. The zero-order valence-corrected chi connectivity index (χ0v) is 12.2. The Morgan fingerprint density at radius 1 is 1.20 bits per heavy atom. The molecule has 0 aliphatic heterocycles. The molecule has 0 saturated heterocycles. The van der Waals surface area contributed by atoms with Crippen molar-refractivity contribution in [1.29, 1.82) is 0 Å². The van der Waals surface area contributed by atoms with Crippen LogP contribution in [-0.4, -0.2) is 8.42 Å². The van der Waals surface area contributed by atoms with E-state index in [4.69, 9.17) is 15.8 Å². The summed E-state index contributed by atoms with van der Waals surface area (Å²) in [7, 11) is -3.84. The van der Waals surface area contributed by atoms with Gasteiger partial charge in [0.2, 0.25) is 0 Å².